The van der Waals surface area contributed by atoms with Crippen molar-refractivity contribution in [2.45, 2.75) is 57.0 Å². The van der Waals surface area contributed by atoms with E-state index in [1.807, 2.05) is 18.5 Å². The molecule has 2 aliphatic heterocycles. The number of H-pyrrole nitrogens is 1. The monoisotopic (exact) mass is 425 g/mol. The Labute approximate surface area is 186 Å². The number of hydrogen-bond acceptors (Lipinski definition) is 6. The predicted molar refractivity (Wildman–Crippen MR) is 126 cm³/mol. The first-order valence-corrected chi connectivity index (χ1v) is 11.9. The molecule has 1 saturated carbocycles. The van der Waals surface area contributed by atoms with Crippen LogP contribution in [0.15, 0.2) is 30.7 Å². The van der Waals surface area contributed by atoms with Crippen LogP contribution in [0.4, 0.5) is 5.82 Å². The molecule has 3 fully saturated rings. The van der Waals surface area contributed by atoms with Crippen LogP contribution in [0.25, 0.3) is 33.3 Å². The zero-order valence-electron chi connectivity index (χ0n) is 18.3. The van der Waals surface area contributed by atoms with Gasteiger partial charge in [0.15, 0.2) is 5.82 Å². The Morgan fingerprint density at radius 1 is 1.09 bits per heavy atom. The molecule has 7 nitrogen and oxygen atoms in total. The third kappa shape index (κ3) is 2.70. The van der Waals surface area contributed by atoms with Crippen molar-refractivity contribution in [2.75, 3.05) is 18.0 Å². The highest BCUT2D eigenvalue weighted by Crippen LogP contribution is 2.43. The summed E-state index contributed by atoms with van der Waals surface area (Å²) >= 11 is 0. The van der Waals surface area contributed by atoms with Gasteiger partial charge in [-0.25, -0.2) is 15.0 Å². The van der Waals surface area contributed by atoms with Gasteiger partial charge < -0.3 is 15.2 Å². The van der Waals surface area contributed by atoms with Crippen LogP contribution in [0.2, 0.25) is 0 Å². The smallest absolute Gasteiger partial charge is 0.163 e. The molecule has 2 atom stereocenters. The Morgan fingerprint density at radius 2 is 2.03 bits per heavy atom. The van der Waals surface area contributed by atoms with Crippen LogP contribution in [0.3, 0.4) is 0 Å². The highest BCUT2D eigenvalue weighted by Gasteiger charge is 2.39. The lowest BCUT2D eigenvalue weighted by Gasteiger charge is -2.30. The summed E-state index contributed by atoms with van der Waals surface area (Å²) in [6, 6.07) is 5.25. The minimum Gasteiger partial charge on any atom is -0.351 e. The highest BCUT2D eigenvalue weighted by atomic mass is 15.3. The molecule has 0 spiro atoms. The second kappa shape index (κ2) is 6.97. The highest BCUT2D eigenvalue weighted by molar-refractivity contribution is 5.97. The summed E-state index contributed by atoms with van der Waals surface area (Å²) in [7, 11) is 0. The maximum Gasteiger partial charge on any atom is 0.163 e. The second-order valence-electron chi connectivity index (χ2n) is 9.59. The van der Waals surface area contributed by atoms with Crippen molar-refractivity contribution in [1.29, 1.82) is 0 Å². The van der Waals surface area contributed by atoms with Crippen molar-refractivity contribution in [3.05, 3.63) is 42.0 Å². The number of aryl methyl sites for hydroxylation is 1. The third-order valence-corrected chi connectivity index (χ3v) is 7.73. The Kier molecular flexibility index (Phi) is 4.03. The fourth-order valence-electron chi connectivity index (χ4n) is 5.93. The van der Waals surface area contributed by atoms with E-state index >= 15 is 0 Å². The maximum atomic E-state index is 5.29. The second-order valence-corrected chi connectivity index (χ2v) is 9.59. The van der Waals surface area contributed by atoms with Gasteiger partial charge in [0, 0.05) is 53.1 Å². The number of fused-ring (bicyclic) bond motifs is 3. The van der Waals surface area contributed by atoms with Crippen LogP contribution < -0.4 is 10.2 Å². The van der Waals surface area contributed by atoms with Crippen LogP contribution in [-0.2, 0) is 0 Å². The number of pyridine rings is 2. The molecule has 2 N–H and O–H groups in total. The van der Waals surface area contributed by atoms with Crippen molar-refractivity contribution in [3.63, 3.8) is 0 Å². The summed E-state index contributed by atoms with van der Waals surface area (Å²) in [4.78, 5) is 25.4. The van der Waals surface area contributed by atoms with Crippen molar-refractivity contribution in [1.82, 2.24) is 30.2 Å². The van der Waals surface area contributed by atoms with Gasteiger partial charge in [0.05, 0.1) is 11.7 Å². The molecular weight excluding hydrogens is 398 g/mol. The first-order chi connectivity index (χ1) is 15.8. The average molecular weight is 426 g/mol. The maximum absolute atomic E-state index is 5.29. The van der Waals surface area contributed by atoms with Crippen molar-refractivity contribution >= 4 is 27.8 Å². The van der Waals surface area contributed by atoms with Gasteiger partial charge in [0.25, 0.3) is 0 Å². The van der Waals surface area contributed by atoms with Crippen LogP contribution in [-0.4, -0.2) is 50.1 Å². The van der Waals surface area contributed by atoms with E-state index in [1.165, 1.54) is 43.1 Å². The van der Waals surface area contributed by atoms with Gasteiger partial charge in [-0.3, -0.25) is 4.98 Å². The fourth-order valence-corrected chi connectivity index (χ4v) is 5.93. The molecule has 3 aliphatic rings. The first kappa shape index (κ1) is 18.5. The number of rotatable bonds is 3. The number of nitrogens with one attached hydrogen (secondary N) is 2. The molecule has 0 bridgehead atoms. The summed E-state index contributed by atoms with van der Waals surface area (Å²) in [5, 5.41) is 5.98. The largest absolute Gasteiger partial charge is 0.351 e. The SMILES string of the molecule is Cc1cc2c(-c3nc(N4CCC5NCCC54)c4c(C5CCC5)cncc4n3)ccnc2[nH]1. The molecule has 2 unspecified atom stereocenters. The molecule has 7 heteroatoms. The Balaban J connectivity index is 1.48. The van der Waals surface area contributed by atoms with Gasteiger partial charge in [-0.15, -0.1) is 0 Å². The van der Waals surface area contributed by atoms with E-state index in [1.54, 1.807) is 0 Å². The molecule has 6 heterocycles. The number of anilines is 1. The van der Waals surface area contributed by atoms with Crippen LogP contribution in [0.1, 0.15) is 49.3 Å². The minimum atomic E-state index is 0.510. The lowest BCUT2D eigenvalue weighted by Crippen LogP contribution is -2.35. The Hall–Kier alpha value is -3.06. The van der Waals surface area contributed by atoms with Crippen molar-refractivity contribution in [2.24, 2.45) is 0 Å². The number of aromatic amines is 1. The van der Waals surface area contributed by atoms with E-state index in [2.05, 4.69) is 44.4 Å². The predicted octanol–water partition coefficient (Wildman–Crippen LogP) is 4.08. The lowest BCUT2D eigenvalue weighted by molar-refractivity contribution is 0.421. The Morgan fingerprint density at radius 3 is 2.91 bits per heavy atom. The summed E-state index contributed by atoms with van der Waals surface area (Å²) in [5.74, 6) is 2.45. The van der Waals surface area contributed by atoms with Gasteiger partial charge >= 0.3 is 0 Å². The fraction of sp³-hybridized carbons (Fsp3) is 0.440. The average Bonchev–Trinajstić information content (AvgIpc) is 3.46. The molecule has 0 radical (unpaired) electrons. The summed E-state index contributed by atoms with van der Waals surface area (Å²) in [5.41, 5.74) is 5.29. The standard InChI is InChI=1S/C25H27N7/c1-14-11-17-16(5-8-28-23(17)29-14)24-30-20-13-26-12-18(15-3-2-4-15)22(20)25(31-24)32-10-7-19-21(32)6-9-27-19/h5,8,11-13,15,19,21,27H,2-4,6-7,9-10H2,1H3,(H,28,29). The number of nitrogens with zero attached hydrogens (tertiary/aromatic N) is 5. The number of aromatic nitrogens is 5. The molecule has 162 valence electrons. The van der Waals surface area contributed by atoms with E-state index in [-0.39, 0.29) is 0 Å². The van der Waals surface area contributed by atoms with Crippen LogP contribution in [0.5, 0.6) is 0 Å². The molecule has 7 rings (SSSR count). The normalized spacial score (nSPS) is 23.2. The first-order valence-electron chi connectivity index (χ1n) is 11.9. The molecule has 4 aromatic rings. The molecule has 2 saturated heterocycles. The topological polar surface area (TPSA) is 82.6 Å². The molecule has 4 aromatic heterocycles. The zero-order chi connectivity index (χ0) is 21.2. The zero-order valence-corrected chi connectivity index (χ0v) is 18.3. The van der Waals surface area contributed by atoms with Crippen LogP contribution in [0, 0.1) is 6.92 Å². The quantitative estimate of drug-likeness (QED) is 0.515. The Bertz CT molecular complexity index is 1340. The molecule has 32 heavy (non-hydrogen) atoms. The van der Waals surface area contributed by atoms with Gasteiger partial charge in [0.2, 0.25) is 0 Å². The van der Waals surface area contributed by atoms with E-state index in [0.29, 0.717) is 18.0 Å². The lowest BCUT2D eigenvalue weighted by atomic mass is 9.79. The summed E-state index contributed by atoms with van der Waals surface area (Å²) in [6.07, 6.45) is 12.0. The van der Waals surface area contributed by atoms with Crippen molar-refractivity contribution in [3.8, 4) is 11.4 Å². The van der Waals surface area contributed by atoms with E-state index in [9.17, 15) is 0 Å². The van der Waals surface area contributed by atoms with Crippen molar-refractivity contribution < 1.29 is 0 Å². The van der Waals surface area contributed by atoms with E-state index < -0.39 is 0 Å². The van der Waals surface area contributed by atoms with Gasteiger partial charge in [0.1, 0.15) is 11.5 Å². The summed E-state index contributed by atoms with van der Waals surface area (Å²) in [6.45, 7) is 4.19. The van der Waals surface area contributed by atoms with Gasteiger partial charge in [-0.1, -0.05) is 6.42 Å². The molecule has 1 aliphatic carbocycles. The molecule has 0 amide bonds. The minimum absolute atomic E-state index is 0.510. The molecule has 0 aromatic carbocycles. The van der Waals surface area contributed by atoms with Gasteiger partial charge in [-0.2, -0.15) is 0 Å². The van der Waals surface area contributed by atoms with Crippen LogP contribution >= 0.6 is 0 Å². The third-order valence-electron chi connectivity index (χ3n) is 7.73. The number of hydrogen-bond donors (Lipinski definition) is 2. The van der Waals surface area contributed by atoms with Gasteiger partial charge in [-0.05, 0) is 62.8 Å². The molecular formula is C25H27N7. The summed E-state index contributed by atoms with van der Waals surface area (Å²) < 4.78 is 0. The van der Waals surface area contributed by atoms with E-state index in [4.69, 9.17) is 9.97 Å². The van der Waals surface area contributed by atoms with E-state index in [0.717, 1.165) is 52.5 Å².